The molecule has 0 aliphatic carbocycles. The first-order valence-corrected chi connectivity index (χ1v) is 34.8. The van der Waals surface area contributed by atoms with E-state index >= 15 is 0 Å². The molecule has 0 aromatic heterocycles. The van der Waals surface area contributed by atoms with Crippen LogP contribution in [-0.2, 0) is 14.3 Å². The third-order valence-electron chi connectivity index (χ3n) is 16.2. The van der Waals surface area contributed by atoms with E-state index in [1.165, 1.54) is 302 Å². The quantitative estimate of drug-likeness (QED) is 0.0320. The standard InChI is InChI=1S/C71H135NO5/c1-3-5-7-9-11-13-15-17-18-38-41-45-49-53-57-61-65-71(76)77-66-62-58-54-50-46-42-39-36-34-32-30-28-26-24-22-20-19-21-23-25-27-29-31-33-35-37-40-44-48-52-56-60-64-70(75)72-68(67-73)69(74)63-59-55-51-47-43-16-14-12-10-8-6-4-2/h13,15,18,38,59,63,68-69,73-74H,3-12,14,16-17,19-37,39-58,60-62,64-67H2,1-2H3,(H,72,75)/b15-13-,38-18-,63-59+. The van der Waals surface area contributed by atoms with Crippen molar-refractivity contribution in [2.24, 2.45) is 0 Å². The van der Waals surface area contributed by atoms with Crippen molar-refractivity contribution in [3.8, 4) is 0 Å². The molecule has 454 valence electrons. The monoisotopic (exact) mass is 1080 g/mol. The highest BCUT2D eigenvalue weighted by Gasteiger charge is 2.18. The molecule has 0 aliphatic rings. The molecule has 0 heterocycles. The van der Waals surface area contributed by atoms with E-state index in [1.54, 1.807) is 6.08 Å². The summed E-state index contributed by atoms with van der Waals surface area (Å²) < 4.78 is 5.49. The van der Waals surface area contributed by atoms with Crippen LogP contribution in [-0.4, -0.2) is 47.4 Å². The van der Waals surface area contributed by atoms with E-state index in [1.807, 2.05) is 6.08 Å². The van der Waals surface area contributed by atoms with Crippen LogP contribution in [0.25, 0.3) is 0 Å². The van der Waals surface area contributed by atoms with E-state index in [2.05, 4.69) is 43.5 Å². The second-order valence-electron chi connectivity index (χ2n) is 23.9. The summed E-state index contributed by atoms with van der Waals surface area (Å²) in [6.07, 6.45) is 85.2. The van der Waals surface area contributed by atoms with Gasteiger partial charge in [-0.2, -0.15) is 0 Å². The van der Waals surface area contributed by atoms with Crippen LogP contribution in [0, 0.1) is 0 Å². The maximum absolute atomic E-state index is 12.5. The Balaban J connectivity index is 3.32. The summed E-state index contributed by atoms with van der Waals surface area (Å²) in [6.45, 7) is 4.90. The van der Waals surface area contributed by atoms with Crippen molar-refractivity contribution in [2.75, 3.05) is 13.2 Å². The minimum absolute atomic E-state index is 0.00762. The number of amides is 1. The van der Waals surface area contributed by atoms with Gasteiger partial charge in [0.15, 0.2) is 0 Å². The van der Waals surface area contributed by atoms with Crippen molar-refractivity contribution < 1.29 is 24.5 Å². The van der Waals surface area contributed by atoms with E-state index in [-0.39, 0.29) is 18.5 Å². The predicted octanol–water partition coefficient (Wildman–Crippen LogP) is 22.3. The Morgan fingerprint density at radius 2 is 0.649 bits per heavy atom. The van der Waals surface area contributed by atoms with Crippen molar-refractivity contribution in [2.45, 2.75) is 392 Å². The van der Waals surface area contributed by atoms with Gasteiger partial charge in [-0.3, -0.25) is 9.59 Å². The molecule has 2 atom stereocenters. The van der Waals surface area contributed by atoms with Gasteiger partial charge in [0.1, 0.15) is 0 Å². The molecule has 6 nitrogen and oxygen atoms in total. The molecule has 3 N–H and O–H groups in total. The number of aliphatic hydroxyl groups excluding tert-OH is 2. The molecule has 0 bridgehead atoms. The minimum Gasteiger partial charge on any atom is -0.466 e. The number of aliphatic hydroxyl groups is 2. The van der Waals surface area contributed by atoms with Crippen molar-refractivity contribution in [3.05, 3.63) is 36.5 Å². The molecule has 0 rings (SSSR count). The molecular formula is C71H135NO5. The zero-order valence-electron chi connectivity index (χ0n) is 52.0. The zero-order chi connectivity index (χ0) is 55.7. The van der Waals surface area contributed by atoms with E-state index in [0.717, 1.165) is 51.4 Å². The van der Waals surface area contributed by atoms with Crippen molar-refractivity contribution in [3.63, 3.8) is 0 Å². The zero-order valence-corrected chi connectivity index (χ0v) is 52.0. The number of carbonyl (C=O) groups excluding carboxylic acids is 2. The third kappa shape index (κ3) is 63.1. The van der Waals surface area contributed by atoms with Gasteiger partial charge >= 0.3 is 5.97 Å². The normalized spacial score (nSPS) is 12.7. The Hall–Kier alpha value is -1.92. The molecule has 0 radical (unpaired) electrons. The van der Waals surface area contributed by atoms with Crippen molar-refractivity contribution >= 4 is 11.9 Å². The average molecular weight is 1080 g/mol. The number of ether oxygens (including phenoxy) is 1. The van der Waals surface area contributed by atoms with Gasteiger partial charge in [0.05, 0.1) is 25.4 Å². The Bertz CT molecular complexity index is 1250. The van der Waals surface area contributed by atoms with Crippen LogP contribution in [0.2, 0.25) is 0 Å². The molecule has 0 aromatic rings. The Kier molecular flexibility index (Phi) is 64.9. The van der Waals surface area contributed by atoms with E-state index in [4.69, 9.17) is 4.74 Å². The Morgan fingerprint density at radius 3 is 1.00 bits per heavy atom. The molecule has 0 spiro atoms. The molecule has 77 heavy (non-hydrogen) atoms. The van der Waals surface area contributed by atoms with E-state index in [0.29, 0.717) is 19.4 Å². The van der Waals surface area contributed by atoms with Crippen LogP contribution in [0.4, 0.5) is 0 Å². The summed E-state index contributed by atoms with van der Waals surface area (Å²) in [4.78, 5) is 24.5. The predicted molar refractivity (Wildman–Crippen MR) is 338 cm³/mol. The smallest absolute Gasteiger partial charge is 0.305 e. The molecule has 0 fully saturated rings. The number of hydrogen-bond acceptors (Lipinski definition) is 5. The number of nitrogens with one attached hydrogen (secondary N) is 1. The number of carbonyl (C=O) groups is 2. The van der Waals surface area contributed by atoms with E-state index in [9.17, 15) is 19.8 Å². The molecule has 0 aliphatic heterocycles. The number of hydrogen-bond donors (Lipinski definition) is 3. The molecule has 0 saturated heterocycles. The molecular weight excluding hydrogens is 947 g/mol. The van der Waals surface area contributed by atoms with Gasteiger partial charge < -0.3 is 20.3 Å². The SMILES string of the molecule is CCCCCC/C=C\C/C=C\CCCCCCCC(=O)OCCCCCCCCCCCCCCCCCCCCCCCCCCCCCCCCCCC(=O)NC(CO)C(O)/C=C/CCCCCCCCCCCC. The number of esters is 1. The number of rotatable bonds is 65. The van der Waals surface area contributed by atoms with Gasteiger partial charge in [-0.25, -0.2) is 0 Å². The fourth-order valence-electron chi connectivity index (χ4n) is 10.8. The topological polar surface area (TPSA) is 95.9 Å². The highest BCUT2D eigenvalue weighted by Crippen LogP contribution is 2.19. The Morgan fingerprint density at radius 1 is 0.364 bits per heavy atom. The van der Waals surface area contributed by atoms with Gasteiger partial charge in [-0.1, -0.05) is 339 Å². The highest BCUT2D eigenvalue weighted by molar-refractivity contribution is 5.76. The average Bonchev–Trinajstić information content (AvgIpc) is 3.43. The molecule has 1 amide bonds. The molecule has 0 saturated carbocycles. The maximum Gasteiger partial charge on any atom is 0.305 e. The second kappa shape index (κ2) is 66.6. The summed E-state index contributed by atoms with van der Waals surface area (Å²) in [5, 5.41) is 23.1. The van der Waals surface area contributed by atoms with E-state index < -0.39 is 12.1 Å². The molecule has 6 heteroatoms. The van der Waals surface area contributed by atoms with Crippen LogP contribution in [0.5, 0.6) is 0 Å². The first kappa shape index (κ1) is 75.1. The minimum atomic E-state index is -0.840. The summed E-state index contributed by atoms with van der Waals surface area (Å²) in [5.41, 5.74) is 0. The third-order valence-corrected chi connectivity index (χ3v) is 16.2. The van der Waals surface area contributed by atoms with Crippen LogP contribution in [0.15, 0.2) is 36.5 Å². The van der Waals surface area contributed by atoms with Gasteiger partial charge in [0.25, 0.3) is 0 Å². The Labute approximate surface area is 481 Å². The second-order valence-corrected chi connectivity index (χ2v) is 23.9. The lowest BCUT2D eigenvalue weighted by molar-refractivity contribution is -0.143. The van der Waals surface area contributed by atoms with Crippen LogP contribution >= 0.6 is 0 Å². The van der Waals surface area contributed by atoms with Gasteiger partial charge in [-0.15, -0.1) is 0 Å². The van der Waals surface area contributed by atoms with Crippen LogP contribution in [0.3, 0.4) is 0 Å². The van der Waals surface area contributed by atoms with Gasteiger partial charge in [-0.05, 0) is 64.2 Å². The summed E-state index contributed by atoms with van der Waals surface area (Å²) in [6, 6.07) is -0.623. The highest BCUT2D eigenvalue weighted by atomic mass is 16.5. The van der Waals surface area contributed by atoms with Crippen LogP contribution in [0.1, 0.15) is 380 Å². The fraction of sp³-hybridized carbons (Fsp3) is 0.887. The molecule has 0 aromatic carbocycles. The largest absolute Gasteiger partial charge is 0.466 e. The summed E-state index contributed by atoms with van der Waals surface area (Å²) in [5.74, 6) is -0.0553. The lowest BCUT2D eigenvalue weighted by Gasteiger charge is -2.20. The number of allylic oxidation sites excluding steroid dienone is 5. The number of unbranched alkanes of at least 4 members (excludes halogenated alkanes) is 50. The van der Waals surface area contributed by atoms with Crippen LogP contribution < -0.4 is 5.32 Å². The fourth-order valence-corrected chi connectivity index (χ4v) is 10.8. The van der Waals surface area contributed by atoms with Gasteiger partial charge in [0, 0.05) is 12.8 Å². The van der Waals surface area contributed by atoms with Gasteiger partial charge in [0.2, 0.25) is 5.91 Å². The van der Waals surface area contributed by atoms with Crippen molar-refractivity contribution in [1.82, 2.24) is 5.32 Å². The van der Waals surface area contributed by atoms with Crippen molar-refractivity contribution in [1.29, 1.82) is 0 Å². The maximum atomic E-state index is 12.5. The lowest BCUT2D eigenvalue weighted by Crippen LogP contribution is -2.45. The molecule has 2 unspecified atom stereocenters. The lowest BCUT2D eigenvalue weighted by atomic mass is 10.0. The summed E-state index contributed by atoms with van der Waals surface area (Å²) >= 11 is 0. The first-order valence-electron chi connectivity index (χ1n) is 34.8. The summed E-state index contributed by atoms with van der Waals surface area (Å²) in [7, 11) is 0. The first-order chi connectivity index (χ1) is 38.0.